The molecule has 4 heteroatoms. The average Bonchev–Trinajstić information content (AvgIpc) is 2.33. The average molecular weight is 123 g/mol. The van der Waals surface area contributed by atoms with E-state index in [9.17, 15) is 0 Å². The third kappa shape index (κ3) is 0.561. The summed E-state index contributed by atoms with van der Waals surface area (Å²) < 4.78 is 1.82. The Labute approximate surface area is 51.7 Å². The fraction of sp³-hybridized carbons (Fsp3) is 0. The van der Waals surface area contributed by atoms with Gasteiger partial charge in [0.05, 0.1) is 6.20 Å². The summed E-state index contributed by atoms with van der Waals surface area (Å²) in [6.45, 7) is 0. The zero-order valence-corrected chi connectivity index (χ0v) is 4.61. The zero-order chi connectivity index (χ0) is 6.10. The molecular weight excluding hydrogens is 118 g/mol. The van der Waals surface area contributed by atoms with Crippen molar-refractivity contribution in [3.63, 3.8) is 0 Å². The number of aromatic nitrogens is 2. The van der Waals surface area contributed by atoms with Crippen molar-refractivity contribution in [2.45, 2.75) is 0 Å². The van der Waals surface area contributed by atoms with Gasteiger partial charge in [-0.3, -0.25) is 4.57 Å². The van der Waals surface area contributed by atoms with Crippen LogP contribution in [0, 0.1) is 0 Å². The van der Waals surface area contributed by atoms with Gasteiger partial charge in [0.2, 0.25) is 0 Å². The van der Waals surface area contributed by atoms with Crippen molar-refractivity contribution in [3.05, 3.63) is 18.8 Å². The Morgan fingerprint density at radius 1 is 1.67 bits per heavy atom. The molecule has 46 valence electrons. The maximum Gasteiger partial charge on any atom is 0.164 e. The SMILES string of the molecule is C1=Cn2cncc2NO1. The van der Waals surface area contributed by atoms with E-state index in [0.29, 0.717) is 0 Å². The van der Waals surface area contributed by atoms with Gasteiger partial charge in [-0.1, -0.05) is 0 Å². The van der Waals surface area contributed by atoms with E-state index in [0.717, 1.165) is 5.82 Å². The van der Waals surface area contributed by atoms with Crippen LogP contribution in [-0.2, 0) is 4.84 Å². The monoisotopic (exact) mass is 123 g/mol. The molecule has 1 aromatic rings. The number of hydrogen-bond acceptors (Lipinski definition) is 3. The minimum absolute atomic E-state index is 0.845. The molecule has 9 heavy (non-hydrogen) atoms. The Morgan fingerprint density at radius 2 is 2.67 bits per heavy atom. The molecule has 0 unspecified atom stereocenters. The molecule has 0 spiro atoms. The summed E-state index contributed by atoms with van der Waals surface area (Å²) in [5, 5.41) is 0. The summed E-state index contributed by atoms with van der Waals surface area (Å²) >= 11 is 0. The molecule has 1 aliphatic heterocycles. The van der Waals surface area contributed by atoms with Crippen LogP contribution in [0.25, 0.3) is 6.20 Å². The van der Waals surface area contributed by atoms with Crippen LogP contribution in [0.2, 0.25) is 0 Å². The molecule has 0 fully saturated rings. The van der Waals surface area contributed by atoms with E-state index >= 15 is 0 Å². The highest BCUT2D eigenvalue weighted by atomic mass is 16.6. The number of rotatable bonds is 0. The largest absolute Gasteiger partial charge is 0.387 e. The number of hydrogen-bond donors (Lipinski definition) is 1. The van der Waals surface area contributed by atoms with Crippen molar-refractivity contribution >= 4 is 12.0 Å². The topological polar surface area (TPSA) is 39.1 Å². The van der Waals surface area contributed by atoms with Crippen molar-refractivity contribution in [2.24, 2.45) is 0 Å². The third-order valence-electron chi connectivity index (χ3n) is 1.12. The van der Waals surface area contributed by atoms with E-state index in [-0.39, 0.29) is 0 Å². The molecule has 0 saturated carbocycles. The molecule has 4 nitrogen and oxygen atoms in total. The highest BCUT2D eigenvalue weighted by molar-refractivity contribution is 5.42. The minimum Gasteiger partial charge on any atom is -0.387 e. The van der Waals surface area contributed by atoms with Crippen LogP contribution >= 0.6 is 0 Å². The fourth-order valence-electron chi connectivity index (χ4n) is 0.693. The van der Waals surface area contributed by atoms with E-state index in [1.807, 2.05) is 4.57 Å². The smallest absolute Gasteiger partial charge is 0.164 e. The molecular formula is C5H5N3O. The molecule has 0 radical (unpaired) electrons. The van der Waals surface area contributed by atoms with E-state index < -0.39 is 0 Å². The van der Waals surface area contributed by atoms with Crippen LogP contribution in [0.4, 0.5) is 5.82 Å². The Hall–Kier alpha value is -1.45. The molecule has 1 N–H and O–H groups in total. The molecule has 2 heterocycles. The molecule has 1 aliphatic rings. The maximum atomic E-state index is 4.76. The van der Waals surface area contributed by atoms with Gasteiger partial charge in [-0.25, -0.2) is 10.5 Å². The summed E-state index contributed by atoms with van der Waals surface area (Å²) in [5.74, 6) is 0.845. The second kappa shape index (κ2) is 1.51. The quantitative estimate of drug-likeness (QED) is 0.551. The molecule has 0 atom stereocenters. The normalized spacial score (nSPS) is 13.8. The predicted molar refractivity (Wildman–Crippen MR) is 32.3 cm³/mol. The van der Waals surface area contributed by atoms with Gasteiger partial charge in [0.15, 0.2) is 5.82 Å². The van der Waals surface area contributed by atoms with Crippen molar-refractivity contribution < 1.29 is 4.84 Å². The van der Waals surface area contributed by atoms with Crippen molar-refractivity contribution in [1.29, 1.82) is 0 Å². The van der Waals surface area contributed by atoms with Gasteiger partial charge in [-0.05, 0) is 0 Å². The second-order valence-corrected chi connectivity index (χ2v) is 1.69. The van der Waals surface area contributed by atoms with E-state index in [1.165, 1.54) is 0 Å². The second-order valence-electron chi connectivity index (χ2n) is 1.69. The summed E-state index contributed by atoms with van der Waals surface area (Å²) in [7, 11) is 0. The van der Waals surface area contributed by atoms with E-state index in [1.54, 1.807) is 25.0 Å². The minimum atomic E-state index is 0.845. The summed E-state index contributed by atoms with van der Waals surface area (Å²) in [6.07, 6.45) is 6.71. The van der Waals surface area contributed by atoms with Gasteiger partial charge < -0.3 is 4.84 Å². The lowest BCUT2D eigenvalue weighted by molar-refractivity contribution is 0.322. The molecule has 0 aromatic carbocycles. The summed E-state index contributed by atoms with van der Waals surface area (Å²) in [6, 6.07) is 0. The molecule has 0 aliphatic carbocycles. The first-order valence-electron chi connectivity index (χ1n) is 2.57. The number of fused-ring (bicyclic) bond motifs is 1. The van der Waals surface area contributed by atoms with E-state index in [2.05, 4.69) is 10.5 Å². The first-order chi connectivity index (χ1) is 4.47. The number of nitrogens with zero attached hydrogens (tertiary/aromatic N) is 2. The Kier molecular flexibility index (Phi) is 0.745. The van der Waals surface area contributed by atoms with Crippen LogP contribution in [0.5, 0.6) is 0 Å². The number of anilines is 1. The fourth-order valence-corrected chi connectivity index (χ4v) is 0.693. The molecule has 2 rings (SSSR count). The molecule has 0 bridgehead atoms. The standard InChI is InChI=1S/C5H5N3O/c1-2-9-7-5-3-6-4-8(1)5/h1-4,7H. The van der Waals surface area contributed by atoms with Crippen LogP contribution in [0.3, 0.4) is 0 Å². The van der Waals surface area contributed by atoms with E-state index in [4.69, 9.17) is 4.84 Å². The first-order valence-corrected chi connectivity index (χ1v) is 2.57. The van der Waals surface area contributed by atoms with Crippen molar-refractivity contribution in [1.82, 2.24) is 9.55 Å². The highest BCUT2D eigenvalue weighted by Gasteiger charge is 2.00. The Balaban J connectivity index is 2.53. The van der Waals surface area contributed by atoms with Crippen molar-refractivity contribution in [3.8, 4) is 0 Å². The Morgan fingerprint density at radius 3 is 3.56 bits per heavy atom. The van der Waals surface area contributed by atoms with Gasteiger partial charge >= 0.3 is 0 Å². The predicted octanol–water partition coefficient (Wildman–Crippen LogP) is 0.668. The number of imidazole rings is 1. The lowest BCUT2D eigenvalue weighted by Crippen LogP contribution is -2.04. The Bertz CT molecular complexity index is 240. The molecule has 1 aromatic heterocycles. The van der Waals surface area contributed by atoms with Crippen molar-refractivity contribution in [2.75, 3.05) is 5.48 Å². The van der Waals surface area contributed by atoms with Crippen LogP contribution in [-0.4, -0.2) is 9.55 Å². The first kappa shape index (κ1) is 4.43. The zero-order valence-electron chi connectivity index (χ0n) is 4.61. The van der Waals surface area contributed by atoms with Gasteiger partial charge in [0.1, 0.15) is 12.6 Å². The summed E-state index contributed by atoms with van der Waals surface area (Å²) in [4.78, 5) is 8.64. The third-order valence-corrected chi connectivity index (χ3v) is 1.12. The lowest BCUT2D eigenvalue weighted by Gasteiger charge is -2.08. The highest BCUT2D eigenvalue weighted by Crippen LogP contribution is 2.09. The van der Waals surface area contributed by atoms with Crippen LogP contribution < -0.4 is 5.48 Å². The molecule has 0 saturated heterocycles. The number of nitrogens with one attached hydrogen (secondary N) is 1. The van der Waals surface area contributed by atoms with Gasteiger partial charge in [0, 0.05) is 6.20 Å². The summed E-state index contributed by atoms with van der Waals surface area (Å²) in [5.41, 5.74) is 2.66. The van der Waals surface area contributed by atoms with Crippen LogP contribution in [0.1, 0.15) is 0 Å². The van der Waals surface area contributed by atoms with Gasteiger partial charge in [-0.15, -0.1) is 0 Å². The lowest BCUT2D eigenvalue weighted by atomic mass is 10.7. The van der Waals surface area contributed by atoms with Gasteiger partial charge in [-0.2, -0.15) is 0 Å². The molecule has 0 amide bonds. The van der Waals surface area contributed by atoms with Crippen LogP contribution in [0.15, 0.2) is 18.8 Å². The van der Waals surface area contributed by atoms with Gasteiger partial charge in [0.25, 0.3) is 0 Å². The maximum absolute atomic E-state index is 4.76.